The number of hydrogen-bond donors (Lipinski definition) is 1. The maximum Gasteiger partial charge on any atom is 0.236 e. The minimum absolute atomic E-state index is 0.142. The van der Waals surface area contributed by atoms with Gasteiger partial charge in [-0.2, -0.15) is 0 Å². The lowest BCUT2D eigenvalue weighted by Crippen LogP contribution is -2.34. The van der Waals surface area contributed by atoms with Crippen molar-refractivity contribution < 1.29 is 8.42 Å². The lowest BCUT2D eigenvalue weighted by molar-refractivity contribution is 0.556. The minimum atomic E-state index is -3.30. The van der Waals surface area contributed by atoms with E-state index in [4.69, 9.17) is 0 Å². The molecular weight excluding hydrogens is 258 g/mol. The SMILES string of the molecule is O=S(=O)(NC1CCCC1)C1=Cc2ccccc2CC1. The molecule has 1 saturated carbocycles. The van der Waals surface area contributed by atoms with Gasteiger partial charge in [-0.05, 0) is 42.9 Å². The zero-order chi connectivity index (χ0) is 13.3. The Kier molecular flexibility index (Phi) is 3.46. The van der Waals surface area contributed by atoms with Crippen LogP contribution < -0.4 is 4.72 Å². The fraction of sp³-hybridized carbons (Fsp3) is 0.467. The van der Waals surface area contributed by atoms with Gasteiger partial charge in [-0.1, -0.05) is 37.1 Å². The summed E-state index contributed by atoms with van der Waals surface area (Å²) in [5, 5.41) is 0. The van der Waals surface area contributed by atoms with Gasteiger partial charge in [-0.25, -0.2) is 13.1 Å². The van der Waals surface area contributed by atoms with E-state index in [9.17, 15) is 8.42 Å². The Morgan fingerprint density at radius 3 is 2.58 bits per heavy atom. The molecule has 0 spiro atoms. The topological polar surface area (TPSA) is 46.2 Å². The van der Waals surface area contributed by atoms with Crippen LogP contribution in [0.5, 0.6) is 0 Å². The molecule has 1 fully saturated rings. The van der Waals surface area contributed by atoms with E-state index in [-0.39, 0.29) is 6.04 Å². The molecule has 3 rings (SSSR count). The first-order valence-electron chi connectivity index (χ1n) is 6.96. The van der Waals surface area contributed by atoms with Gasteiger partial charge in [0.1, 0.15) is 0 Å². The quantitative estimate of drug-likeness (QED) is 0.923. The van der Waals surface area contributed by atoms with Crippen LogP contribution in [0.15, 0.2) is 29.2 Å². The summed E-state index contributed by atoms with van der Waals surface area (Å²) in [5.41, 5.74) is 2.28. The Bertz CT molecular complexity index is 598. The zero-order valence-electron chi connectivity index (χ0n) is 10.9. The maximum absolute atomic E-state index is 12.4. The first kappa shape index (κ1) is 12.9. The Morgan fingerprint density at radius 2 is 1.79 bits per heavy atom. The number of allylic oxidation sites excluding steroid dienone is 1. The summed E-state index contributed by atoms with van der Waals surface area (Å²) in [6.07, 6.45) is 7.47. The average molecular weight is 277 g/mol. The van der Waals surface area contributed by atoms with Crippen LogP contribution in [0.25, 0.3) is 6.08 Å². The van der Waals surface area contributed by atoms with Crippen LogP contribution in [-0.4, -0.2) is 14.5 Å². The molecule has 2 aliphatic rings. The van der Waals surface area contributed by atoms with Crippen LogP contribution in [0.1, 0.15) is 43.2 Å². The monoisotopic (exact) mass is 277 g/mol. The number of hydrogen-bond acceptors (Lipinski definition) is 2. The van der Waals surface area contributed by atoms with Crippen LogP contribution >= 0.6 is 0 Å². The molecule has 0 aliphatic heterocycles. The number of rotatable bonds is 3. The standard InChI is InChI=1S/C15H19NO2S/c17-19(18,16-14-7-3-4-8-14)15-10-9-12-5-1-2-6-13(12)11-15/h1-2,5-6,11,14,16H,3-4,7-10H2. The molecule has 0 radical (unpaired) electrons. The number of nitrogens with one attached hydrogen (secondary N) is 1. The Morgan fingerprint density at radius 1 is 1.05 bits per heavy atom. The van der Waals surface area contributed by atoms with Crippen molar-refractivity contribution in [3.8, 4) is 0 Å². The molecule has 0 heterocycles. The van der Waals surface area contributed by atoms with Gasteiger partial charge in [-0.15, -0.1) is 0 Å². The average Bonchev–Trinajstić information content (AvgIpc) is 2.90. The molecule has 0 aromatic heterocycles. The van der Waals surface area contributed by atoms with Gasteiger partial charge < -0.3 is 0 Å². The van der Waals surface area contributed by atoms with E-state index >= 15 is 0 Å². The van der Waals surface area contributed by atoms with Crippen molar-refractivity contribution in [3.63, 3.8) is 0 Å². The first-order valence-corrected chi connectivity index (χ1v) is 8.44. The summed E-state index contributed by atoms with van der Waals surface area (Å²) in [6, 6.07) is 8.15. The molecule has 19 heavy (non-hydrogen) atoms. The van der Waals surface area contributed by atoms with Crippen LogP contribution in [0.2, 0.25) is 0 Å². The molecule has 0 atom stereocenters. The fourth-order valence-corrected chi connectivity index (χ4v) is 4.44. The maximum atomic E-state index is 12.4. The van der Waals surface area contributed by atoms with E-state index in [0.29, 0.717) is 11.3 Å². The Hall–Kier alpha value is -1.13. The number of sulfonamides is 1. The van der Waals surface area contributed by atoms with E-state index in [0.717, 1.165) is 37.7 Å². The van der Waals surface area contributed by atoms with Gasteiger partial charge in [0.05, 0.1) is 4.91 Å². The van der Waals surface area contributed by atoms with Crippen LogP contribution in [0, 0.1) is 0 Å². The second-order valence-corrected chi connectivity index (χ2v) is 7.18. The van der Waals surface area contributed by atoms with Crippen molar-refractivity contribution >= 4 is 16.1 Å². The Labute approximate surface area is 114 Å². The van der Waals surface area contributed by atoms with E-state index < -0.39 is 10.0 Å². The summed E-state index contributed by atoms with van der Waals surface area (Å²) < 4.78 is 27.6. The van der Waals surface area contributed by atoms with Gasteiger partial charge >= 0.3 is 0 Å². The van der Waals surface area contributed by atoms with Crippen LogP contribution in [0.3, 0.4) is 0 Å². The molecule has 1 aromatic carbocycles. The van der Waals surface area contributed by atoms with Crippen molar-refractivity contribution in [2.45, 2.75) is 44.6 Å². The highest BCUT2D eigenvalue weighted by molar-refractivity contribution is 7.93. The minimum Gasteiger partial charge on any atom is -0.208 e. The van der Waals surface area contributed by atoms with Gasteiger partial charge in [0.2, 0.25) is 10.0 Å². The molecule has 102 valence electrons. The lowest BCUT2D eigenvalue weighted by atomic mass is 9.98. The van der Waals surface area contributed by atoms with Crippen LogP contribution in [0.4, 0.5) is 0 Å². The van der Waals surface area contributed by atoms with E-state index in [2.05, 4.69) is 10.8 Å². The number of aryl methyl sites for hydroxylation is 1. The Balaban J connectivity index is 1.84. The highest BCUT2D eigenvalue weighted by Gasteiger charge is 2.26. The van der Waals surface area contributed by atoms with Gasteiger partial charge in [-0.3, -0.25) is 0 Å². The first-order chi connectivity index (χ1) is 9.15. The molecule has 2 aliphatic carbocycles. The third kappa shape index (κ3) is 2.74. The third-order valence-electron chi connectivity index (χ3n) is 4.03. The van der Waals surface area contributed by atoms with E-state index in [1.165, 1.54) is 5.56 Å². The third-order valence-corrected chi connectivity index (χ3v) is 5.69. The van der Waals surface area contributed by atoms with Crippen molar-refractivity contribution in [2.24, 2.45) is 0 Å². The van der Waals surface area contributed by atoms with Crippen LogP contribution in [-0.2, 0) is 16.4 Å². The van der Waals surface area contributed by atoms with E-state index in [1.807, 2.05) is 24.3 Å². The highest BCUT2D eigenvalue weighted by Crippen LogP contribution is 2.28. The second kappa shape index (κ2) is 5.10. The zero-order valence-corrected chi connectivity index (χ0v) is 11.7. The summed E-state index contributed by atoms with van der Waals surface area (Å²) in [5.74, 6) is 0. The van der Waals surface area contributed by atoms with Gasteiger partial charge in [0, 0.05) is 6.04 Å². The molecular formula is C15H19NO2S. The molecule has 0 unspecified atom stereocenters. The summed E-state index contributed by atoms with van der Waals surface area (Å²) >= 11 is 0. The van der Waals surface area contributed by atoms with Crippen molar-refractivity contribution in [1.82, 2.24) is 4.72 Å². The summed E-state index contributed by atoms with van der Waals surface area (Å²) in [7, 11) is -3.30. The van der Waals surface area contributed by atoms with Gasteiger partial charge in [0.25, 0.3) is 0 Å². The van der Waals surface area contributed by atoms with E-state index in [1.54, 1.807) is 0 Å². The number of fused-ring (bicyclic) bond motifs is 1. The summed E-state index contributed by atoms with van der Waals surface area (Å²) in [6.45, 7) is 0. The predicted molar refractivity (Wildman–Crippen MR) is 77.1 cm³/mol. The smallest absolute Gasteiger partial charge is 0.208 e. The molecule has 1 aromatic rings. The largest absolute Gasteiger partial charge is 0.236 e. The normalized spacial score (nSPS) is 20.1. The van der Waals surface area contributed by atoms with Gasteiger partial charge in [0.15, 0.2) is 0 Å². The van der Waals surface area contributed by atoms with Crippen molar-refractivity contribution in [2.75, 3.05) is 0 Å². The van der Waals surface area contributed by atoms with Crippen molar-refractivity contribution in [3.05, 3.63) is 40.3 Å². The fourth-order valence-electron chi connectivity index (χ4n) is 2.96. The predicted octanol–water partition coefficient (Wildman–Crippen LogP) is 2.84. The van der Waals surface area contributed by atoms with Crippen molar-refractivity contribution in [1.29, 1.82) is 0 Å². The summed E-state index contributed by atoms with van der Waals surface area (Å²) in [4.78, 5) is 0.540. The second-order valence-electron chi connectivity index (χ2n) is 5.41. The molecule has 0 bridgehead atoms. The number of benzene rings is 1. The molecule has 4 heteroatoms. The molecule has 0 amide bonds. The lowest BCUT2D eigenvalue weighted by Gasteiger charge is -2.19. The highest BCUT2D eigenvalue weighted by atomic mass is 32.2. The molecule has 3 nitrogen and oxygen atoms in total. The molecule has 0 saturated heterocycles. The molecule has 1 N–H and O–H groups in total.